The molecule has 0 saturated heterocycles. The van der Waals surface area contributed by atoms with E-state index in [2.05, 4.69) is 9.59 Å². The highest BCUT2D eigenvalue weighted by atomic mass is 32.2. The van der Waals surface area contributed by atoms with E-state index in [1.165, 1.54) is 0 Å². The van der Waals surface area contributed by atoms with Crippen LogP contribution in [0.5, 0.6) is 0 Å². The SMILES string of the molecule is O=S1(=O)Cc2snnc2-c2ccccc21. The summed E-state index contributed by atoms with van der Waals surface area (Å²) in [5.74, 6) is 0.0248. The normalized spacial score (nSPS) is 16.8. The second-order valence-corrected chi connectivity index (χ2v) is 6.10. The molecule has 0 atom stereocenters. The Balaban J connectivity index is 2.44. The molecular weight excluding hydrogens is 232 g/mol. The van der Waals surface area contributed by atoms with Gasteiger partial charge in [-0.1, -0.05) is 22.7 Å². The Kier molecular flexibility index (Phi) is 1.72. The maximum absolute atomic E-state index is 11.9. The molecule has 0 amide bonds. The quantitative estimate of drug-likeness (QED) is 0.697. The minimum Gasteiger partial charge on any atom is -0.223 e. The summed E-state index contributed by atoms with van der Waals surface area (Å²) in [5.41, 5.74) is 1.39. The number of hydrogen-bond donors (Lipinski definition) is 0. The maximum Gasteiger partial charge on any atom is 0.184 e. The van der Waals surface area contributed by atoms with Gasteiger partial charge in [0.25, 0.3) is 0 Å². The van der Waals surface area contributed by atoms with Crippen molar-refractivity contribution >= 4 is 21.4 Å². The molecule has 6 heteroatoms. The standard InChI is InChI=1S/C9H6N2O2S2/c12-15(13)5-7-9(10-11-14-7)6-3-1-2-4-8(6)15/h1-4H,5H2. The third-order valence-electron chi connectivity index (χ3n) is 2.35. The number of fused-ring (bicyclic) bond motifs is 3. The highest BCUT2D eigenvalue weighted by molar-refractivity contribution is 7.91. The number of hydrogen-bond acceptors (Lipinski definition) is 5. The second-order valence-electron chi connectivity index (χ2n) is 3.30. The van der Waals surface area contributed by atoms with Gasteiger partial charge in [0, 0.05) is 5.56 Å². The fraction of sp³-hybridized carbons (Fsp3) is 0.111. The van der Waals surface area contributed by atoms with E-state index in [-0.39, 0.29) is 5.75 Å². The highest BCUT2D eigenvalue weighted by Gasteiger charge is 2.30. The van der Waals surface area contributed by atoms with Crippen molar-refractivity contribution in [3.8, 4) is 11.3 Å². The summed E-state index contributed by atoms with van der Waals surface area (Å²) in [4.78, 5) is 1.10. The largest absolute Gasteiger partial charge is 0.223 e. The van der Waals surface area contributed by atoms with E-state index in [0.29, 0.717) is 16.2 Å². The van der Waals surface area contributed by atoms with Crippen LogP contribution in [-0.2, 0) is 15.6 Å². The molecule has 15 heavy (non-hydrogen) atoms. The van der Waals surface area contributed by atoms with Gasteiger partial charge in [0.1, 0.15) is 5.69 Å². The van der Waals surface area contributed by atoms with Gasteiger partial charge in [-0.2, -0.15) is 0 Å². The predicted molar refractivity (Wildman–Crippen MR) is 56.2 cm³/mol. The fourth-order valence-corrected chi connectivity index (χ4v) is 4.25. The van der Waals surface area contributed by atoms with Crippen LogP contribution in [-0.4, -0.2) is 18.0 Å². The average Bonchev–Trinajstić information content (AvgIpc) is 2.65. The first-order valence-electron chi connectivity index (χ1n) is 4.32. The van der Waals surface area contributed by atoms with E-state index in [1.807, 2.05) is 6.07 Å². The molecule has 2 heterocycles. The van der Waals surface area contributed by atoms with E-state index < -0.39 is 9.84 Å². The van der Waals surface area contributed by atoms with Crippen LogP contribution in [0.25, 0.3) is 11.3 Å². The number of sulfone groups is 1. The summed E-state index contributed by atoms with van der Waals surface area (Å²) < 4.78 is 27.6. The highest BCUT2D eigenvalue weighted by Crippen LogP contribution is 2.37. The van der Waals surface area contributed by atoms with Crippen LogP contribution in [0.4, 0.5) is 0 Å². The molecule has 76 valence electrons. The molecule has 2 aromatic rings. The zero-order chi connectivity index (χ0) is 10.5. The van der Waals surface area contributed by atoms with Crippen molar-refractivity contribution in [3.05, 3.63) is 29.1 Å². The molecule has 0 radical (unpaired) electrons. The van der Waals surface area contributed by atoms with Crippen molar-refractivity contribution in [2.24, 2.45) is 0 Å². The molecule has 0 aliphatic carbocycles. The van der Waals surface area contributed by atoms with E-state index >= 15 is 0 Å². The van der Waals surface area contributed by atoms with E-state index in [9.17, 15) is 8.42 Å². The zero-order valence-electron chi connectivity index (χ0n) is 7.54. The van der Waals surface area contributed by atoms with Crippen LogP contribution in [0.15, 0.2) is 29.2 Å². The van der Waals surface area contributed by atoms with Crippen LogP contribution < -0.4 is 0 Å². The Morgan fingerprint density at radius 3 is 2.93 bits per heavy atom. The second kappa shape index (κ2) is 2.86. The molecule has 0 bridgehead atoms. The summed E-state index contributed by atoms with van der Waals surface area (Å²) in [5, 5.41) is 3.97. The van der Waals surface area contributed by atoms with Crippen LogP contribution in [0.2, 0.25) is 0 Å². The van der Waals surface area contributed by atoms with Gasteiger partial charge in [-0.05, 0) is 17.6 Å². The van der Waals surface area contributed by atoms with Gasteiger partial charge in [-0.15, -0.1) is 5.10 Å². The molecule has 1 aliphatic heterocycles. The van der Waals surface area contributed by atoms with Crippen LogP contribution in [0.3, 0.4) is 0 Å². The van der Waals surface area contributed by atoms with Crippen molar-refractivity contribution in [2.75, 3.05) is 0 Å². The first-order valence-corrected chi connectivity index (χ1v) is 6.74. The number of nitrogens with zero attached hydrogens (tertiary/aromatic N) is 2. The predicted octanol–water partition coefficient (Wildman–Crippen LogP) is 1.49. The smallest absolute Gasteiger partial charge is 0.184 e. The van der Waals surface area contributed by atoms with Crippen LogP contribution >= 0.6 is 11.5 Å². The summed E-state index contributed by atoms with van der Waals surface area (Å²) >= 11 is 1.15. The van der Waals surface area contributed by atoms with Crippen molar-refractivity contribution in [3.63, 3.8) is 0 Å². The Bertz CT molecular complexity index is 631. The Hall–Kier alpha value is -1.27. The lowest BCUT2D eigenvalue weighted by atomic mass is 10.1. The summed E-state index contributed by atoms with van der Waals surface area (Å²) in [6, 6.07) is 6.92. The average molecular weight is 238 g/mol. The van der Waals surface area contributed by atoms with Crippen LogP contribution in [0.1, 0.15) is 4.88 Å². The fourth-order valence-electron chi connectivity index (χ4n) is 1.69. The van der Waals surface area contributed by atoms with Gasteiger partial charge in [0.05, 0.1) is 15.5 Å². The van der Waals surface area contributed by atoms with Crippen LogP contribution in [0, 0.1) is 0 Å². The molecule has 1 aromatic carbocycles. The Morgan fingerprint density at radius 1 is 1.27 bits per heavy atom. The monoisotopic (exact) mass is 238 g/mol. The van der Waals surface area contributed by atoms with Gasteiger partial charge in [0.2, 0.25) is 0 Å². The van der Waals surface area contributed by atoms with Gasteiger partial charge in [-0.3, -0.25) is 0 Å². The molecule has 0 N–H and O–H groups in total. The van der Waals surface area contributed by atoms with Gasteiger partial charge < -0.3 is 0 Å². The van der Waals surface area contributed by atoms with Gasteiger partial charge in [0.15, 0.2) is 9.84 Å². The molecule has 3 rings (SSSR count). The molecule has 0 saturated carbocycles. The first kappa shape index (κ1) is 8.99. The summed E-state index contributed by atoms with van der Waals surface area (Å²) in [7, 11) is -3.19. The topological polar surface area (TPSA) is 59.9 Å². The number of rotatable bonds is 0. The van der Waals surface area contributed by atoms with Gasteiger partial charge in [-0.25, -0.2) is 8.42 Å². The lowest BCUT2D eigenvalue weighted by molar-refractivity contribution is 0.595. The minimum atomic E-state index is -3.19. The van der Waals surface area contributed by atoms with E-state index in [4.69, 9.17) is 0 Å². The molecular formula is C9H6N2O2S2. The molecule has 0 fully saturated rings. The lowest BCUT2D eigenvalue weighted by Crippen LogP contribution is -2.11. The van der Waals surface area contributed by atoms with Crippen molar-refractivity contribution in [2.45, 2.75) is 10.6 Å². The molecule has 4 nitrogen and oxygen atoms in total. The minimum absolute atomic E-state index is 0.0248. The lowest BCUT2D eigenvalue weighted by Gasteiger charge is -2.13. The molecule has 1 aliphatic rings. The van der Waals surface area contributed by atoms with Crippen molar-refractivity contribution in [1.82, 2.24) is 9.59 Å². The summed E-state index contributed by atoms with van der Waals surface area (Å²) in [6.45, 7) is 0. The third-order valence-corrected chi connectivity index (χ3v) is 4.95. The van der Waals surface area contributed by atoms with Gasteiger partial charge >= 0.3 is 0 Å². The third kappa shape index (κ3) is 1.22. The Morgan fingerprint density at radius 2 is 2.07 bits per heavy atom. The Labute approximate surface area is 90.7 Å². The molecule has 1 aromatic heterocycles. The molecule has 0 spiro atoms. The van der Waals surface area contributed by atoms with E-state index in [0.717, 1.165) is 16.4 Å². The summed E-state index contributed by atoms with van der Waals surface area (Å²) in [6.07, 6.45) is 0. The zero-order valence-corrected chi connectivity index (χ0v) is 9.18. The maximum atomic E-state index is 11.9. The molecule has 0 unspecified atom stereocenters. The number of benzene rings is 1. The first-order chi connectivity index (χ1) is 7.18. The van der Waals surface area contributed by atoms with Crippen molar-refractivity contribution < 1.29 is 8.42 Å². The van der Waals surface area contributed by atoms with Crippen molar-refractivity contribution in [1.29, 1.82) is 0 Å². The van der Waals surface area contributed by atoms with E-state index in [1.54, 1.807) is 18.2 Å². The number of aromatic nitrogens is 2.